The van der Waals surface area contributed by atoms with Gasteiger partial charge in [-0.1, -0.05) is 51.8 Å². The van der Waals surface area contributed by atoms with Crippen molar-refractivity contribution in [3.63, 3.8) is 0 Å². The van der Waals surface area contributed by atoms with Crippen LogP contribution >= 0.6 is 39.0 Å². The van der Waals surface area contributed by atoms with Crippen molar-refractivity contribution in [2.75, 3.05) is 12.4 Å². The molecule has 0 aliphatic carbocycles. The van der Waals surface area contributed by atoms with Crippen LogP contribution in [0.1, 0.15) is 21.6 Å². The SMILES string of the molecule is Cc1ccc2sc(/C(=C\CSc3ccc(OCC(=O)O)c(C)c3)c3ccc(Br)cc3)cc2c1. The second-order valence-electron chi connectivity index (χ2n) is 7.70. The van der Waals surface area contributed by atoms with E-state index in [0.717, 1.165) is 20.7 Å². The molecule has 0 spiro atoms. The summed E-state index contributed by atoms with van der Waals surface area (Å²) >= 11 is 7.10. The number of rotatable bonds is 8. The molecule has 0 saturated heterocycles. The summed E-state index contributed by atoms with van der Waals surface area (Å²) in [5.74, 6) is 0.441. The molecular formula is C27H23BrO3S2. The molecule has 0 radical (unpaired) electrons. The van der Waals surface area contributed by atoms with E-state index in [1.54, 1.807) is 11.8 Å². The maximum absolute atomic E-state index is 10.7. The third kappa shape index (κ3) is 6.08. The summed E-state index contributed by atoms with van der Waals surface area (Å²) in [5, 5.41) is 10.1. The molecule has 0 amide bonds. The number of aliphatic carboxylic acids is 1. The van der Waals surface area contributed by atoms with Crippen molar-refractivity contribution in [2.45, 2.75) is 18.7 Å². The van der Waals surface area contributed by atoms with Crippen LogP contribution in [0.25, 0.3) is 15.7 Å². The van der Waals surface area contributed by atoms with Gasteiger partial charge in [0.15, 0.2) is 6.61 Å². The Morgan fingerprint density at radius 1 is 1.06 bits per heavy atom. The van der Waals surface area contributed by atoms with E-state index in [1.165, 1.54) is 31.7 Å². The summed E-state index contributed by atoms with van der Waals surface area (Å²) in [7, 11) is 0. The third-order valence-corrected chi connectivity index (χ3v) is 7.73. The van der Waals surface area contributed by atoms with Crippen molar-refractivity contribution in [1.82, 2.24) is 0 Å². The van der Waals surface area contributed by atoms with Gasteiger partial charge < -0.3 is 9.84 Å². The van der Waals surface area contributed by atoms with Crippen LogP contribution in [0.5, 0.6) is 5.75 Å². The molecule has 1 aromatic heterocycles. The minimum absolute atomic E-state index is 0.332. The first-order valence-electron chi connectivity index (χ1n) is 10.4. The first-order valence-corrected chi connectivity index (χ1v) is 13.0. The maximum Gasteiger partial charge on any atom is 0.341 e. The van der Waals surface area contributed by atoms with Gasteiger partial charge >= 0.3 is 5.97 Å². The number of benzene rings is 3. The van der Waals surface area contributed by atoms with Crippen molar-refractivity contribution < 1.29 is 14.6 Å². The number of thioether (sulfide) groups is 1. The minimum atomic E-state index is -0.977. The highest BCUT2D eigenvalue weighted by Crippen LogP contribution is 2.36. The lowest BCUT2D eigenvalue weighted by atomic mass is 10.0. The average Bonchev–Trinajstić information content (AvgIpc) is 3.19. The second kappa shape index (κ2) is 10.6. The first-order chi connectivity index (χ1) is 15.9. The molecule has 3 nitrogen and oxygen atoms in total. The zero-order valence-corrected chi connectivity index (χ0v) is 21.5. The molecule has 1 heterocycles. The van der Waals surface area contributed by atoms with Crippen LogP contribution in [0.15, 0.2) is 82.2 Å². The fraction of sp³-hybridized carbons (Fsp3) is 0.148. The van der Waals surface area contributed by atoms with E-state index in [2.05, 4.69) is 77.5 Å². The van der Waals surface area contributed by atoms with Crippen LogP contribution in [0.2, 0.25) is 0 Å². The molecule has 0 saturated carbocycles. The number of fused-ring (bicyclic) bond motifs is 1. The van der Waals surface area contributed by atoms with Crippen LogP contribution in [-0.4, -0.2) is 23.4 Å². The topological polar surface area (TPSA) is 46.5 Å². The number of carbonyl (C=O) groups is 1. The van der Waals surface area contributed by atoms with Crippen LogP contribution in [0, 0.1) is 13.8 Å². The minimum Gasteiger partial charge on any atom is -0.482 e. The Hall–Kier alpha value is -2.54. The smallest absolute Gasteiger partial charge is 0.341 e. The lowest BCUT2D eigenvalue weighted by Gasteiger charge is -2.09. The lowest BCUT2D eigenvalue weighted by Crippen LogP contribution is -2.09. The Balaban J connectivity index is 1.58. The Morgan fingerprint density at radius 2 is 1.85 bits per heavy atom. The van der Waals surface area contributed by atoms with Crippen LogP contribution in [0.4, 0.5) is 0 Å². The zero-order chi connectivity index (χ0) is 23.4. The average molecular weight is 540 g/mol. The molecule has 33 heavy (non-hydrogen) atoms. The summed E-state index contributed by atoms with van der Waals surface area (Å²) in [6.45, 7) is 3.73. The number of hydrogen-bond donors (Lipinski definition) is 1. The molecule has 0 fully saturated rings. The van der Waals surface area contributed by atoms with Crippen molar-refractivity contribution in [3.8, 4) is 5.75 Å². The Bertz CT molecular complexity index is 1320. The van der Waals surface area contributed by atoms with Gasteiger partial charge in [0, 0.05) is 24.7 Å². The van der Waals surface area contributed by atoms with Crippen LogP contribution in [-0.2, 0) is 4.79 Å². The van der Waals surface area contributed by atoms with Crippen molar-refractivity contribution >= 4 is 60.7 Å². The molecule has 0 aliphatic rings. The second-order valence-corrected chi connectivity index (χ2v) is 10.8. The van der Waals surface area contributed by atoms with Gasteiger partial charge in [-0.15, -0.1) is 23.1 Å². The number of halogens is 1. The van der Waals surface area contributed by atoms with E-state index in [4.69, 9.17) is 9.84 Å². The molecule has 6 heteroatoms. The summed E-state index contributed by atoms with van der Waals surface area (Å²) in [4.78, 5) is 13.1. The molecule has 0 aliphatic heterocycles. The molecular weight excluding hydrogens is 516 g/mol. The van der Waals surface area contributed by atoms with E-state index < -0.39 is 5.97 Å². The Kier molecular flexibility index (Phi) is 7.58. The van der Waals surface area contributed by atoms with Crippen molar-refractivity contribution in [1.29, 1.82) is 0 Å². The highest BCUT2D eigenvalue weighted by atomic mass is 79.9. The van der Waals surface area contributed by atoms with Crippen molar-refractivity contribution in [3.05, 3.63) is 98.8 Å². The van der Waals surface area contributed by atoms with Gasteiger partial charge in [0.05, 0.1) is 0 Å². The highest BCUT2D eigenvalue weighted by Gasteiger charge is 2.10. The molecule has 0 bridgehead atoms. The number of ether oxygens (including phenoxy) is 1. The predicted molar refractivity (Wildman–Crippen MR) is 143 cm³/mol. The number of carboxylic acids is 1. The largest absolute Gasteiger partial charge is 0.482 e. The fourth-order valence-electron chi connectivity index (χ4n) is 3.52. The first kappa shape index (κ1) is 23.6. The molecule has 4 rings (SSSR count). The van der Waals surface area contributed by atoms with E-state index in [9.17, 15) is 4.79 Å². The monoisotopic (exact) mass is 538 g/mol. The van der Waals surface area contributed by atoms with Gasteiger partial charge in [0.25, 0.3) is 0 Å². The summed E-state index contributed by atoms with van der Waals surface area (Å²) in [5.41, 5.74) is 4.61. The fourth-order valence-corrected chi connectivity index (χ4v) is 5.76. The standard InChI is InChI=1S/C27H23BrO3S2/c1-17-3-10-25-20(13-17)15-26(33-25)23(19-4-6-21(28)7-5-19)11-12-32-22-8-9-24(18(2)14-22)31-16-27(29)30/h3-11,13-15H,12,16H2,1-2H3,(H,29,30)/b23-11-. The quantitative estimate of drug-likeness (QED) is 0.231. The number of carboxylic acid groups (broad SMARTS) is 1. The van der Waals surface area contributed by atoms with Gasteiger partial charge in [-0.2, -0.15) is 0 Å². The summed E-state index contributed by atoms with van der Waals surface area (Å²) in [6.07, 6.45) is 2.29. The summed E-state index contributed by atoms with van der Waals surface area (Å²) < 4.78 is 7.69. The normalized spacial score (nSPS) is 11.7. The Morgan fingerprint density at radius 3 is 2.58 bits per heavy atom. The van der Waals surface area contributed by atoms with Crippen molar-refractivity contribution in [2.24, 2.45) is 0 Å². The van der Waals surface area contributed by atoms with Crippen LogP contribution < -0.4 is 4.74 Å². The Labute approximate surface area is 210 Å². The molecule has 0 atom stereocenters. The predicted octanol–water partition coefficient (Wildman–Crippen LogP) is 7.97. The maximum atomic E-state index is 10.7. The molecule has 168 valence electrons. The van der Waals surface area contributed by atoms with Gasteiger partial charge in [-0.05, 0) is 78.4 Å². The highest BCUT2D eigenvalue weighted by molar-refractivity contribution is 9.10. The van der Waals surface area contributed by atoms with E-state index >= 15 is 0 Å². The van der Waals surface area contributed by atoms with E-state index in [0.29, 0.717) is 5.75 Å². The molecule has 3 aromatic carbocycles. The number of thiophene rings is 1. The van der Waals surface area contributed by atoms with Gasteiger partial charge in [-0.3, -0.25) is 0 Å². The van der Waals surface area contributed by atoms with Crippen LogP contribution in [0.3, 0.4) is 0 Å². The van der Waals surface area contributed by atoms with Gasteiger partial charge in [0.1, 0.15) is 5.75 Å². The van der Waals surface area contributed by atoms with Gasteiger partial charge in [-0.25, -0.2) is 4.79 Å². The third-order valence-electron chi connectivity index (χ3n) is 5.13. The van der Waals surface area contributed by atoms with E-state index in [-0.39, 0.29) is 6.61 Å². The molecule has 4 aromatic rings. The lowest BCUT2D eigenvalue weighted by molar-refractivity contribution is -0.139. The summed E-state index contributed by atoms with van der Waals surface area (Å²) in [6, 6.07) is 23.2. The number of aryl methyl sites for hydroxylation is 2. The molecule has 1 N–H and O–H groups in total. The zero-order valence-electron chi connectivity index (χ0n) is 18.3. The number of hydrogen-bond acceptors (Lipinski definition) is 4. The molecule has 0 unspecified atom stereocenters. The van der Waals surface area contributed by atoms with Gasteiger partial charge in [0.2, 0.25) is 0 Å². The van der Waals surface area contributed by atoms with E-state index in [1.807, 2.05) is 36.5 Å².